The van der Waals surface area contributed by atoms with Crippen LogP contribution in [0.2, 0.25) is 0 Å². The fourth-order valence-electron chi connectivity index (χ4n) is 2.20. The molecular formula is C16H26Br2N2O. The van der Waals surface area contributed by atoms with Crippen LogP contribution in [0.3, 0.4) is 0 Å². The zero-order chi connectivity index (χ0) is 15.8. The number of hydrogen-bond donors (Lipinski definition) is 2. The van der Waals surface area contributed by atoms with E-state index < -0.39 is 6.10 Å². The molecule has 1 aromatic carbocycles. The average molecular weight is 422 g/mol. The van der Waals surface area contributed by atoms with E-state index in [9.17, 15) is 5.11 Å². The van der Waals surface area contributed by atoms with Crippen LogP contribution in [0.25, 0.3) is 0 Å². The standard InChI is InChI=1S/C16H26Br2N2O/c1-3-5-7-20(8-6-4-2)11-15(21)12-9-13(17)16(19)14(18)10-12/h9-10,15,21H,3-8,11,19H2,1-2H3. The second kappa shape index (κ2) is 9.82. The molecule has 0 aliphatic rings. The van der Waals surface area contributed by atoms with E-state index in [1.807, 2.05) is 12.1 Å². The lowest BCUT2D eigenvalue weighted by atomic mass is 10.1. The molecule has 0 bridgehead atoms. The molecule has 0 aromatic heterocycles. The van der Waals surface area contributed by atoms with Crippen molar-refractivity contribution in [2.24, 2.45) is 0 Å². The van der Waals surface area contributed by atoms with E-state index in [4.69, 9.17) is 5.73 Å². The minimum Gasteiger partial charge on any atom is -0.397 e. The molecule has 0 aliphatic heterocycles. The second-order valence-corrected chi connectivity index (χ2v) is 7.13. The van der Waals surface area contributed by atoms with Gasteiger partial charge in [-0.3, -0.25) is 0 Å². The summed E-state index contributed by atoms with van der Waals surface area (Å²) in [6.45, 7) is 7.16. The van der Waals surface area contributed by atoms with Gasteiger partial charge in [0.15, 0.2) is 0 Å². The third-order valence-electron chi connectivity index (χ3n) is 3.57. The molecule has 3 nitrogen and oxygen atoms in total. The minimum absolute atomic E-state index is 0.494. The Morgan fingerprint density at radius 2 is 1.57 bits per heavy atom. The van der Waals surface area contributed by atoms with Crippen LogP contribution in [-0.4, -0.2) is 29.6 Å². The zero-order valence-electron chi connectivity index (χ0n) is 12.9. The largest absolute Gasteiger partial charge is 0.397 e. The lowest BCUT2D eigenvalue weighted by molar-refractivity contribution is 0.111. The molecule has 0 amide bonds. The predicted molar refractivity (Wildman–Crippen MR) is 97.5 cm³/mol. The van der Waals surface area contributed by atoms with Gasteiger partial charge in [0.1, 0.15) is 0 Å². The Labute approximate surface area is 145 Å². The van der Waals surface area contributed by atoms with Gasteiger partial charge in [-0.25, -0.2) is 0 Å². The number of anilines is 1. The first-order valence-electron chi connectivity index (χ1n) is 7.64. The van der Waals surface area contributed by atoms with Crippen LogP contribution in [0, 0.1) is 0 Å². The number of rotatable bonds is 9. The van der Waals surface area contributed by atoms with Crippen LogP contribution >= 0.6 is 31.9 Å². The van der Waals surface area contributed by atoms with Crippen molar-refractivity contribution in [1.82, 2.24) is 4.90 Å². The molecule has 1 rings (SSSR count). The number of nitrogen functional groups attached to an aromatic ring is 1. The summed E-state index contributed by atoms with van der Waals surface area (Å²) in [5, 5.41) is 10.5. The first-order valence-corrected chi connectivity index (χ1v) is 9.23. The van der Waals surface area contributed by atoms with Gasteiger partial charge in [0.2, 0.25) is 0 Å². The topological polar surface area (TPSA) is 49.5 Å². The summed E-state index contributed by atoms with van der Waals surface area (Å²) in [5.74, 6) is 0. The van der Waals surface area contributed by atoms with Crippen molar-refractivity contribution >= 4 is 37.5 Å². The molecule has 0 heterocycles. The van der Waals surface area contributed by atoms with Gasteiger partial charge in [0.05, 0.1) is 11.8 Å². The number of hydrogen-bond acceptors (Lipinski definition) is 3. The van der Waals surface area contributed by atoms with Crippen molar-refractivity contribution in [1.29, 1.82) is 0 Å². The van der Waals surface area contributed by atoms with Gasteiger partial charge in [0, 0.05) is 15.5 Å². The Hall–Kier alpha value is -0.100. The van der Waals surface area contributed by atoms with Crippen LogP contribution in [0.5, 0.6) is 0 Å². The van der Waals surface area contributed by atoms with Crippen LogP contribution in [0.4, 0.5) is 5.69 Å². The van der Waals surface area contributed by atoms with Crippen molar-refractivity contribution in [2.75, 3.05) is 25.4 Å². The first-order chi connectivity index (χ1) is 9.99. The van der Waals surface area contributed by atoms with Crippen molar-refractivity contribution in [3.05, 3.63) is 26.6 Å². The van der Waals surface area contributed by atoms with Gasteiger partial charge in [-0.05, 0) is 75.5 Å². The lowest BCUT2D eigenvalue weighted by Crippen LogP contribution is -2.30. The van der Waals surface area contributed by atoms with E-state index in [1.54, 1.807) is 0 Å². The molecule has 1 aromatic rings. The summed E-state index contributed by atoms with van der Waals surface area (Å²) in [7, 11) is 0. The molecule has 5 heteroatoms. The monoisotopic (exact) mass is 420 g/mol. The molecule has 0 saturated carbocycles. The van der Waals surface area contributed by atoms with E-state index in [0.717, 1.165) is 27.6 Å². The number of nitrogens with two attached hydrogens (primary N) is 1. The molecule has 1 atom stereocenters. The Morgan fingerprint density at radius 3 is 2.00 bits per heavy atom. The Balaban J connectivity index is 2.73. The SMILES string of the molecule is CCCCN(CCCC)CC(O)c1cc(Br)c(N)c(Br)c1. The molecule has 0 fully saturated rings. The number of halogens is 2. The summed E-state index contributed by atoms with van der Waals surface area (Å²) in [5.41, 5.74) is 7.45. The van der Waals surface area contributed by atoms with Crippen molar-refractivity contribution in [3.8, 4) is 0 Å². The van der Waals surface area contributed by atoms with E-state index >= 15 is 0 Å². The molecule has 120 valence electrons. The normalized spacial score (nSPS) is 12.9. The summed E-state index contributed by atoms with van der Waals surface area (Å²) in [6.07, 6.45) is 4.21. The molecule has 1 unspecified atom stereocenters. The molecule has 3 N–H and O–H groups in total. The third kappa shape index (κ3) is 6.27. The van der Waals surface area contributed by atoms with E-state index in [0.29, 0.717) is 12.2 Å². The highest BCUT2D eigenvalue weighted by Gasteiger charge is 2.15. The third-order valence-corrected chi connectivity index (χ3v) is 4.89. The van der Waals surface area contributed by atoms with Crippen LogP contribution in [0.15, 0.2) is 21.1 Å². The van der Waals surface area contributed by atoms with Crippen molar-refractivity contribution in [2.45, 2.75) is 45.6 Å². The fraction of sp³-hybridized carbons (Fsp3) is 0.625. The molecular weight excluding hydrogens is 396 g/mol. The minimum atomic E-state index is -0.494. The maximum absolute atomic E-state index is 10.5. The average Bonchev–Trinajstić information content (AvgIpc) is 2.46. The van der Waals surface area contributed by atoms with Crippen LogP contribution < -0.4 is 5.73 Å². The van der Waals surface area contributed by atoms with Crippen LogP contribution in [-0.2, 0) is 0 Å². The van der Waals surface area contributed by atoms with Crippen LogP contribution in [0.1, 0.15) is 51.2 Å². The summed E-state index contributed by atoms with van der Waals surface area (Å²) in [6, 6.07) is 3.81. The van der Waals surface area contributed by atoms with Gasteiger partial charge >= 0.3 is 0 Å². The zero-order valence-corrected chi connectivity index (χ0v) is 16.1. The Kier molecular flexibility index (Phi) is 8.86. The van der Waals surface area contributed by atoms with E-state index in [2.05, 4.69) is 50.6 Å². The number of unbranched alkanes of at least 4 members (excludes halogenated alkanes) is 2. The van der Waals surface area contributed by atoms with Gasteiger partial charge in [-0.1, -0.05) is 26.7 Å². The molecule has 0 aliphatic carbocycles. The lowest BCUT2D eigenvalue weighted by Gasteiger charge is -2.25. The van der Waals surface area contributed by atoms with Crippen molar-refractivity contribution < 1.29 is 5.11 Å². The van der Waals surface area contributed by atoms with Gasteiger partial charge in [-0.2, -0.15) is 0 Å². The smallest absolute Gasteiger partial charge is 0.0917 e. The highest BCUT2D eigenvalue weighted by atomic mass is 79.9. The summed E-state index contributed by atoms with van der Waals surface area (Å²) >= 11 is 6.87. The molecule has 0 radical (unpaired) electrons. The predicted octanol–water partition coefficient (Wildman–Crippen LogP) is 4.73. The number of aliphatic hydroxyl groups excluding tert-OH is 1. The number of benzene rings is 1. The van der Waals surface area contributed by atoms with E-state index in [1.165, 1.54) is 25.7 Å². The maximum atomic E-state index is 10.5. The molecule has 0 spiro atoms. The quantitative estimate of drug-likeness (QED) is 0.566. The van der Waals surface area contributed by atoms with E-state index in [-0.39, 0.29) is 0 Å². The number of aliphatic hydroxyl groups is 1. The second-order valence-electron chi connectivity index (χ2n) is 5.42. The van der Waals surface area contributed by atoms with Crippen molar-refractivity contribution in [3.63, 3.8) is 0 Å². The first kappa shape index (κ1) is 18.9. The molecule has 0 saturated heterocycles. The number of nitrogens with zero attached hydrogens (tertiary/aromatic N) is 1. The maximum Gasteiger partial charge on any atom is 0.0917 e. The summed E-state index contributed by atoms with van der Waals surface area (Å²) < 4.78 is 1.64. The summed E-state index contributed by atoms with van der Waals surface area (Å²) in [4.78, 5) is 2.36. The Bertz CT molecular complexity index is 409. The van der Waals surface area contributed by atoms with Gasteiger partial charge in [-0.15, -0.1) is 0 Å². The van der Waals surface area contributed by atoms with Gasteiger partial charge in [0.25, 0.3) is 0 Å². The molecule has 21 heavy (non-hydrogen) atoms. The fourth-order valence-corrected chi connectivity index (χ4v) is 3.43. The Morgan fingerprint density at radius 1 is 1.10 bits per heavy atom. The highest BCUT2D eigenvalue weighted by Crippen LogP contribution is 2.32. The highest BCUT2D eigenvalue weighted by molar-refractivity contribution is 9.11. The van der Waals surface area contributed by atoms with Gasteiger partial charge < -0.3 is 15.7 Å².